The van der Waals surface area contributed by atoms with Crippen LogP contribution in [0, 0.1) is 13.8 Å². The maximum atomic E-state index is 12.9. The van der Waals surface area contributed by atoms with Crippen LogP contribution in [0.5, 0.6) is 0 Å². The third-order valence-corrected chi connectivity index (χ3v) is 6.46. The van der Waals surface area contributed by atoms with Crippen LogP contribution in [0.25, 0.3) is 0 Å². The van der Waals surface area contributed by atoms with E-state index in [9.17, 15) is 22.8 Å². The third kappa shape index (κ3) is 4.50. The summed E-state index contributed by atoms with van der Waals surface area (Å²) in [6.07, 6.45) is 0. The zero-order chi connectivity index (χ0) is 22.1. The topological polar surface area (TPSA) is 125 Å². The summed E-state index contributed by atoms with van der Waals surface area (Å²) in [7, 11) is -2.76. The molecule has 0 spiro atoms. The van der Waals surface area contributed by atoms with E-state index in [1.165, 1.54) is 25.2 Å². The Hall–Kier alpha value is -3.24. The second kappa shape index (κ2) is 8.25. The fourth-order valence-electron chi connectivity index (χ4n) is 2.96. The Balaban J connectivity index is 1.79. The Morgan fingerprint density at radius 3 is 2.60 bits per heavy atom. The number of carbonyl (C=O) groups is 3. The van der Waals surface area contributed by atoms with Gasteiger partial charge in [0.1, 0.15) is 0 Å². The number of nitrogens with zero attached hydrogens (tertiary/aromatic N) is 1. The number of hydrogen-bond acceptors (Lipinski definition) is 5. The summed E-state index contributed by atoms with van der Waals surface area (Å²) in [5.41, 5.74) is 2.70. The molecular weight excluding hydrogens is 408 g/mol. The lowest BCUT2D eigenvalue weighted by Gasteiger charge is -2.18. The maximum Gasteiger partial charge on any atom is 0.253 e. The summed E-state index contributed by atoms with van der Waals surface area (Å²) in [5, 5.41) is 7.66. The molecule has 3 amide bonds. The van der Waals surface area contributed by atoms with Crippen molar-refractivity contribution in [1.82, 2.24) is 9.62 Å². The van der Waals surface area contributed by atoms with Crippen LogP contribution < -0.4 is 16.0 Å². The highest BCUT2D eigenvalue weighted by Gasteiger charge is 2.27. The van der Waals surface area contributed by atoms with E-state index in [4.69, 9.17) is 0 Å². The largest absolute Gasteiger partial charge is 0.343 e. The van der Waals surface area contributed by atoms with Crippen molar-refractivity contribution in [1.29, 1.82) is 0 Å². The SMILES string of the molecule is Cc1ccc(C)c(NC(=O)CN(C)S(=O)(=O)c2ccc3c(c2)C(=O)NCC(=O)N3)c1. The van der Waals surface area contributed by atoms with Crippen molar-refractivity contribution < 1.29 is 22.8 Å². The molecule has 0 unspecified atom stereocenters. The smallest absolute Gasteiger partial charge is 0.253 e. The van der Waals surface area contributed by atoms with Gasteiger partial charge in [-0.25, -0.2) is 8.42 Å². The minimum Gasteiger partial charge on any atom is -0.343 e. The molecule has 0 saturated heterocycles. The van der Waals surface area contributed by atoms with E-state index in [-0.39, 0.29) is 22.7 Å². The van der Waals surface area contributed by atoms with Gasteiger partial charge in [-0.1, -0.05) is 12.1 Å². The van der Waals surface area contributed by atoms with Crippen molar-refractivity contribution in [3.8, 4) is 0 Å². The highest BCUT2D eigenvalue weighted by atomic mass is 32.2. The van der Waals surface area contributed by atoms with Crippen LogP contribution in [-0.4, -0.2) is 50.6 Å². The Labute approximate surface area is 174 Å². The van der Waals surface area contributed by atoms with Gasteiger partial charge in [0.25, 0.3) is 5.91 Å². The first-order valence-corrected chi connectivity index (χ1v) is 10.6. The summed E-state index contributed by atoms with van der Waals surface area (Å²) in [6, 6.07) is 9.41. The minimum atomic E-state index is -4.05. The van der Waals surface area contributed by atoms with Crippen LogP contribution in [0.15, 0.2) is 41.3 Å². The van der Waals surface area contributed by atoms with E-state index in [0.717, 1.165) is 15.4 Å². The number of sulfonamides is 1. The number of rotatable bonds is 5. The Kier molecular flexibility index (Phi) is 5.90. The highest BCUT2D eigenvalue weighted by molar-refractivity contribution is 7.89. The zero-order valence-electron chi connectivity index (χ0n) is 16.8. The molecule has 1 aliphatic heterocycles. The lowest BCUT2D eigenvalue weighted by molar-refractivity contribution is -0.116. The standard InChI is InChI=1S/C20H22N4O5S/c1-12-4-5-13(2)17(8-12)23-19(26)11-24(3)30(28,29)14-6-7-16-15(9-14)20(27)21-10-18(25)22-16/h4-9H,10-11H2,1-3H3,(H,21,27)(H,22,25)(H,23,26). The van der Waals surface area contributed by atoms with E-state index in [0.29, 0.717) is 5.69 Å². The van der Waals surface area contributed by atoms with Crippen LogP contribution in [0.4, 0.5) is 11.4 Å². The molecule has 1 aliphatic rings. The van der Waals surface area contributed by atoms with Gasteiger partial charge in [0, 0.05) is 12.7 Å². The number of hydrogen-bond donors (Lipinski definition) is 3. The van der Waals surface area contributed by atoms with Crippen molar-refractivity contribution in [3.63, 3.8) is 0 Å². The predicted molar refractivity (Wildman–Crippen MR) is 112 cm³/mol. The van der Waals surface area contributed by atoms with Gasteiger partial charge >= 0.3 is 0 Å². The molecule has 10 heteroatoms. The summed E-state index contributed by atoms with van der Waals surface area (Å²) < 4.78 is 26.7. The van der Waals surface area contributed by atoms with Gasteiger partial charge in [0.05, 0.1) is 29.2 Å². The fourth-order valence-corrected chi connectivity index (χ4v) is 4.11. The normalized spacial score (nSPS) is 13.9. The van der Waals surface area contributed by atoms with Crippen LogP contribution in [0.2, 0.25) is 0 Å². The average Bonchev–Trinajstić information content (AvgIpc) is 2.82. The molecule has 0 fully saturated rings. The molecular formula is C20H22N4O5S. The van der Waals surface area contributed by atoms with Gasteiger partial charge in [-0.05, 0) is 49.2 Å². The van der Waals surface area contributed by atoms with Gasteiger partial charge in [-0.2, -0.15) is 4.31 Å². The molecule has 0 atom stereocenters. The second-order valence-corrected chi connectivity index (χ2v) is 9.11. The van der Waals surface area contributed by atoms with Gasteiger partial charge in [-0.3, -0.25) is 14.4 Å². The zero-order valence-corrected chi connectivity index (χ0v) is 17.6. The number of nitrogens with one attached hydrogen (secondary N) is 3. The van der Waals surface area contributed by atoms with Crippen LogP contribution in [-0.2, 0) is 19.6 Å². The van der Waals surface area contributed by atoms with Crippen molar-refractivity contribution in [2.24, 2.45) is 0 Å². The Morgan fingerprint density at radius 2 is 1.87 bits per heavy atom. The molecule has 0 aromatic heterocycles. The van der Waals surface area contributed by atoms with E-state index in [1.807, 2.05) is 26.0 Å². The molecule has 0 radical (unpaired) electrons. The number of aryl methyl sites for hydroxylation is 2. The number of fused-ring (bicyclic) bond motifs is 1. The summed E-state index contributed by atoms with van der Waals surface area (Å²) in [4.78, 5) is 36.0. The van der Waals surface area contributed by atoms with Crippen LogP contribution >= 0.6 is 0 Å². The molecule has 3 rings (SSSR count). The first kappa shape index (κ1) is 21.5. The second-order valence-electron chi connectivity index (χ2n) is 7.07. The van der Waals surface area contributed by atoms with E-state index >= 15 is 0 Å². The summed E-state index contributed by atoms with van der Waals surface area (Å²) in [5.74, 6) is -1.46. The van der Waals surface area contributed by atoms with E-state index in [2.05, 4.69) is 16.0 Å². The maximum absolute atomic E-state index is 12.9. The molecule has 9 nitrogen and oxygen atoms in total. The highest BCUT2D eigenvalue weighted by Crippen LogP contribution is 2.24. The van der Waals surface area contributed by atoms with Crippen molar-refractivity contribution in [2.45, 2.75) is 18.7 Å². The molecule has 0 saturated carbocycles. The summed E-state index contributed by atoms with van der Waals surface area (Å²) in [6.45, 7) is 3.13. The van der Waals surface area contributed by atoms with Gasteiger partial charge < -0.3 is 16.0 Å². The molecule has 2 aromatic rings. The van der Waals surface area contributed by atoms with Gasteiger partial charge in [0.2, 0.25) is 21.8 Å². The van der Waals surface area contributed by atoms with E-state index < -0.39 is 34.3 Å². The van der Waals surface area contributed by atoms with Crippen molar-refractivity contribution >= 4 is 39.1 Å². The lowest BCUT2D eigenvalue weighted by Crippen LogP contribution is -2.35. The fraction of sp³-hybridized carbons (Fsp3) is 0.250. The minimum absolute atomic E-state index is 0.0372. The molecule has 1 heterocycles. The Morgan fingerprint density at radius 1 is 1.13 bits per heavy atom. The molecule has 0 bridgehead atoms. The molecule has 3 N–H and O–H groups in total. The lowest BCUT2D eigenvalue weighted by atomic mass is 10.1. The number of amides is 3. The summed E-state index contributed by atoms with van der Waals surface area (Å²) >= 11 is 0. The number of benzene rings is 2. The molecule has 158 valence electrons. The third-order valence-electron chi connectivity index (χ3n) is 4.66. The first-order chi connectivity index (χ1) is 14.1. The van der Waals surface area contributed by atoms with Gasteiger partial charge in [-0.15, -0.1) is 0 Å². The molecule has 2 aromatic carbocycles. The van der Waals surface area contributed by atoms with Crippen molar-refractivity contribution in [2.75, 3.05) is 30.8 Å². The quantitative estimate of drug-likeness (QED) is 0.658. The Bertz CT molecular complexity index is 1140. The number of carbonyl (C=O) groups excluding carboxylic acids is 3. The number of likely N-dealkylation sites (N-methyl/N-ethyl adjacent to an activating group) is 1. The number of anilines is 2. The monoisotopic (exact) mass is 430 g/mol. The van der Waals surface area contributed by atoms with Gasteiger partial charge in [0.15, 0.2) is 0 Å². The average molecular weight is 430 g/mol. The predicted octanol–water partition coefficient (Wildman–Crippen LogP) is 1.24. The first-order valence-electron chi connectivity index (χ1n) is 9.13. The van der Waals surface area contributed by atoms with Crippen molar-refractivity contribution in [3.05, 3.63) is 53.1 Å². The van der Waals surface area contributed by atoms with Crippen LogP contribution in [0.3, 0.4) is 0 Å². The molecule has 0 aliphatic carbocycles. The molecule has 30 heavy (non-hydrogen) atoms. The van der Waals surface area contributed by atoms with E-state index in [1.54, 1.807) is 6.07 Å². The van der Waals surface area contributed by atoms with Crippen LogP contribution in [0.1, 0.15) is 21.5 Å².